The third-order valence-corrected chi connectivity index (χ3v) is 4.29. The molecule has 3 rings (SSSR count). The van der Waals surface area contributed by atoms with Crippen LogP contribution in [0.1, 0.15) is 21.8 Å². The fourth-order valence-corrected chi connectivity index (χ4v) is 2.83. The van der Waals surface area contributed by atoms with Gasteiger partial charge in [0, 0.05) is 11.3 Å². The van der Waals surface area contributed by atoms with E-state index in [1.54, 1.807) is 84.9 Å². The molecule has 0 aliphatic heterocycles. The maximum absolute atomic E-state index is 13.0. The molecule has 0 spiro atoms. The lowest BCUT2D eigenvalue weighted by atomic mass is 9.87. The van der Waals surface area contributed by atoms with Crippen molar-refractivity contribution in [1.29, 1.82) is 0 Å². The standard InChI is InChI=1S/C23H19NO4/c1-28-19-14-12-18(13-15-19)24-23(27)22(26)20(16-8-4-2-5-9-16)21(25)17-10-6-3-7-11-17/h2-15,20H,1H3,(H,24,27). The fraction of sp³-hybridized carbons (Fsp3) is 0.0870. The number of amides is 1. The number of carbonyl (C=O) groups is 3. The number of nitrogens with one attached hydrogen (secondary N) is 1. The van der Waals surface area contributed by atoms with E-state index in [1.807, 2.05) is 0 Å². The molecular formula is C23H19NO4. The summed E-state index contributed by atoms with van der Waals surface area (Å²) in [5.74, 6) is -2.64. The van der Waals surface area contributed by atoms with Crippen LogP contribution < -0.4 is 10.1 Å². The Labute approximate surface area is 163 Å². The zero-order chi connectivity index (χ0) is 19.9. The van der Waals surface area contributed by atoms with Crippen molar-refractivity contribution in [3.05, 3.63) is 96.1 Å². The minimum atomic E-state index is -1.21. The van der Waals surface area contributed by atoms with Gasteiger partial charge in [-0.05, 0) is 29.8 Å². The fourth-order valence-electron chi connectivity index (χ4n) is 2.83. The summed E-state index contributed by atoms with van der Waals surface area (Å²) in [7, 11) is 1.54. The summed E-state index contributed by atoms with van der Waals surface area (Å²) in [6.45, 7) is 0. The van der Waals surface area contributed by atoms with Gasteiger partial charge in [0.25, 0.3) is 5.91 Å². The molecule has 0 aliphatic rings. The molecule has 1 N–H and O–H groups in total. The van der Waals surface area contributed by atoms with Crippen LogP contribution in [0.15, 0.2) is 84.9 Å². The van der Waals surface area contributed by atoms with E-state index >= 15 is 0 Å². The third-order valence-electron chi connectivity index (χ3n) is 4.29. The highest BCUT2D eigenvalue weighted by molar-refractivity contribution is 6.46. The van der Waals surface area contributed by atoms with Crippen LogP contribution in [-0.4, -0.2) is 24.6 Å². The Hall–Kier alpha value is -3.73. The van der Waals surface area contributed by atoms with Crippen molar-refractivity contribution >= 4 is 23.2 Å². The molecule has 0 saturated carbocycles. The molecule has 0 aliphatic carbocycles. The van der Waals surface area contributed by atoms with Crippen LogP contribution in [-0.2, 0) is 9.59 Å². The number of benzene rings is 3. The highest BCUT2D eigenvalue weighted by Gasteiger charge is 2.33. The monoisotopic (exact) mass is 373 g/mol. The van der Waals surface area contributed by atoms with Crippen molar-refractivity contribution in [1.82, 2.24) is 0 Å². The van der Waals surface area contributed by atoms with Crippen molar-refractivity contribution in [3.8, 4) is 5.75 Å². The minimum absolute atomic E-state index is 0.377. The normalized spacial score (nSPS) is 11.3. The molecule has 1 unspecified atom stereocenters. The topological polar surface area (TPSA) is 72.5 Å². The first-order chi connectivity index (χ1) is 13.6. The SMILES string of the molecule is COc1ccc(NC(=O)C(=O)C(C(=O)c2ccccc2)c2ccccc2)cc1. The van der Waals surface area contributed by atoms with Crippen LogP contribution in [0.4, 0.5) is 5.69 Å². The second kappa shape index (κ2) is 8.77. The number of ketones is 2. The summed E-state index contributed by atoms with van der Waals surface area (Å²) >= 11 is 0. The number of hydrogen-bond donors (Lipinski definition) is 1. The molecule has 1 atom stereocenters. The van der Waals surface area contributed by atoms with Crippen molar-refractivity contribution in [2.75, 3.05) is 12.4 Å². The van der Waals surface area contributed by atoms with E-state index in [1.165, 1.54) is 7.11 Å². The van der Waals surface area contributed by atoms with E-state index in [0.29, 0.717) is 22.6 Å². The van der Waals surface area contributed by atoms with E-state index in [0.717, 1.165) is 0 Å². The number of carbonyl (C=O) groups excluding carboxylic acids is 3. The predicted molar refractivity (Wildman–Crippen MR) is 107 cm³/mol. The third kappa shape index (κ3) is 4.32. The Kier molecular flexibility index (Phi) is 5.97. The van der Waals surface area contributed by atoms with Crippen LogP contribution >= 0.6 is 0 Å². The molecule has 1 amide bonds. The Morgan fingerprint density at radius 3 is 1.93 bits per heavy atom. The Morgan fingerprint density at radius 2 is 1.36 bits per heavy atom. The van der Waals surface area contributed by atoms with Crippen molar-refractivity contribution in [3.63, 3.8) is 0 Å². The Balaban J connectivity index is 1.87. The maximum atomic E-state index is 13.0. The molecular weight excluding hydrogens is 354 g/mol. The van der Waals surface area contributed by atoms with Gasteiger partial charge in [-0.25, -0.2) is 0 Å². The van der Waals surface area contributed by atoms with Crippen LogP contribution in [0.2, 0.25) is 0 Å². The molecule has 28 heavy (non-hydrogen) atoms. The van der Waals surface area contributed by atoms with E-state index in [-0.39, 0.29) is 0 Å². The molecule has 5 nitrogen and oxygen atoms in total. The quantitative estimate of drug-likeness (QED) is 0.388. The molecule has 3 aromatic rings. The molecule has 0 fully saturated rings. The van der Waals surface area contributed by atoms with Gasteiger partial charge in [0.1, 0.15) is 11.7 Å². The molecule has 0 saturated heterocycles. The summed E-state index contributed by atoms with van der Waals surface area (Å²) in [5, 5.41) is 2.55. The largest absolute Gasteiger partial charge is 0.497 e. The van der Waals surface area contributed by atoms with E-state index in [9.17, 15) is 14.4 Å². The average Bonchev–Trinajstić information content (AvgIpc) is 2.75. The number of anilines is 1. The first kappa shape index (κ1) is 19.0. The van der Waals surface area contributed by atoms with Crippen molar-refractivity contribution < 1.29 is 19.1 Å². The summed E-state index contributed by atoms with van der Waals surface area (Å²) in [5.41, 5.74) is 1.30. The van der Waals surface area contributed by atoms with Crippen LogP contribution in [0.25, 0.3) is 0 Å². The highest BCUT2D eigenvalue weighted by Crippen LogP contribution is 2.23. The van der Waals surface area contributed by atoms with Gasteiger partial charge in [-0.1, -0.05) is 60.7 Å². The zero-order valence-corrected chi connectivity index (χ0v) is 15.3. The second-order valence-electron chi connectivity index (χ2n) is 6.12. The molecule has 0 bridgehead atoms. The van der Waals surface area contributed by atoms with E-state index < -0.39 is 23.4 Å². The lowest BCUT2D eigenvalue weighted by Crippen LogP contribution is -2.32. The average molecular weight is 373 g/mol. The van der Waals surface area contributed by atoms with Gasteiger partial charge in [-0.3, -0.25) is 14.4 Å². The van der Waals surface area contributed by atoms with Gasteiger partial charge in [0.15, 0.2) is 5.78 Å². The molecule has 140 valence electrons. The summed E-state index contributed by atoms with van der Waals surface area (Å²) < 4.78 is 5.07. The zero-order valence-electron chi connectivity index (χ0n) is 15.3. The van der Waals surface area contributed by atoms with Gasteiger partial charge in [-0.15, -0.1) is 0 Å². The first-order valence-corrected chi connectivity index (χ1v) is 8.73. The van der Waals surface area contributed by atoms with Gasteiger partial charge in [-0.2, -0.15) is 0 Å². The summed E-state index contributed by atoms with van der Waals surface area (Å²) in [6.07, 6.45) is 0. The van der Waals surface area contributed by atoms with Crippen molar-refractivity contribution in [2.45, 2.75) is 5.92 Å². The Morgan fingerprint density at radius 1 is 0.786 bits per heavy atom. The number of ether oxygens (including phenoxy) is 1. The van der Waals surface area contributed by atoms with Gasteiger partial charge in [0.05, 0.1) is 7.11 Å². The number of methoxy groups -OCH3 is 1. The predicted octanol–water partition coefficient (Wildman–Crippen LogP) is 3.87. The lowest BCUT2D eigenvalue weighted by molar-refractivity contribution is -0.135. The molecule has 5 heteroatoms. The van der Waals surface area contributed by atoms with Gasteiger partial charge < -0.3 is 10.1 Å². The second-order valence-corrected chi connectivity index (χ2v) is 6.12. The smallest absolute Gasteiger partial charge is 0.292 e. The Bertz CT molecular complexity index is 967. The molecule has 0 heterocycles. The number of rotatable bonds is 7. The minimum Gasteiger partial charge on any atom is -0.497 e. The number of hydrogen-bond acceptors (Lipinski definition) is 4. The summed E-state index contributed by atoms with van der Waals surface area (Å²) in [4.78, 5) is 38.5. The molecule has 3 aromatic carbocycles. The molecule has 0 radical (unpaired) electrons. The first-order valence-electron chi connectivity index (χ1n) is 8.73. The van der Waals surface area contributed by atoms with Crippen LogP contribution in [0.5, 0.6) is 5.75 Å². The van der Waals surface area contributed by atoms with E-state index in [4.69, 9.17) is 4.74 Å². The van der Waals surface area contributed by atoms with Gasteiger partial charge >= 0.3 is 0 Å². The van der Waals surface area contributed by atoms with Crippen molar-refractivity contribution in [2.24, 2.45) is 0 Å². The van der Waals surface area contributed by atoms with Gasteiger partial charge in [0.2, 0.25) is 5.78 Å². The van der Waals surface area contributed by atoms with E-state index in [2.05, 4.69) is 5.32 Å². The highest BCUT2D eigenvalue weighted by atomic mass is 16.5. The number of Topliss-reactive ketones (excluding diaryl/α,β-unsaturated/α-hetero) is 2. The summed E-state index contributed by atoms with van der Waals surface area (Å²) in [6, 6.07) is 23.7. The molecule has 0 aromatic heterocycles. The lowest BCUT2D eigenvalue weighted by Gasteiger charge is -2.15. The van der Waals surface area contributed by atoms with Crippen LogP contribution in [0.3, 0.4) is 0 Å². The van der Waals surface area contributed by atoms with Crippen LogP contribution in [0, 0.1) is 0 Å². The maximum Gasteiger partial charge on any atom is 0.292 e.